The van der Waals surface area contributed by atoms with Crippen LogP contribution in [0.25, 0.3) is 0 Å². The molecule has 0 spiro atoms. The molecule has 0 aromatic carbocycles. The monoisotopic (exact) mass is 338 g/mol. The third-order valence-electron chi connectivity index (χ3n) is 4.33. The van der Waals surface area contributed by atoms with E-state index in [0.29, 0.717) is 0 Å². The van der Waals surface area contributed by atoms with Gasteiger partial charge in [0.15, 0.2) is 0 Å². The maximum Gasteiger partial charge on any atom is 0.500 e. The van der Waals surface area contributed by atoms with Crippen molar-refractivity contribution < 1.29 is 28.0 Å². The molecule has 0 fully saturated rings. The maximum absolute atomic E-state index is 8.97. The predicted molar refractivity (Wildman–Crippen MR) is 89.6 cm³/mol. The van der Waals surface area contributed by atoms with Gasteiger partial charge in [-0.3, -0.25) is 0 Å². The molecule has 0 aromatic heterocycles. The quantitative estimate of drug-likeness (QED) is 0.267. The van der Waals surface area contributed by atoms with E-state index in [1.165, 1.54) is 0 Å². The lowest BCUT2D eigenvalue weighted by Crippen LogP contribution is -2.48. The first kappa shape index (κ1) is 22.0. The molecule has 6 nitrogen and oxygen atoms in total. The van der Waals surface area contributed by atoms with Crippen LogP contribution in [0.4, 0.5) is 0 Å². The molecule has 0 atom stereocenters. The van der Waals surface area contributed by atoms with Crippen molar-refractivity contribution in [3.63, 3.8) is 0 Å². The molecule has 134 valence electrons. The van der Waals surface area contributed by atoms with Crippen molar-refractivity contribution in [1.82, 2.24) is 0 Å². The highest BCUT2D eigenvalue weighted by atomic mass is 28.4. The Kier molecular flexibility index (Phi) is 12.4. The number of aliphatic hydroxyl groups is 2. The topological polar surface area (TPSA) is 68.2 Å². The van der Waals surface area contributed by atoms with E-state index in [4.69, 9.17) is 23.5 Å². The van der Waals surface area contributed by atoms with Crippen LogP contribution >= 0.6 is 0 Å². The minimum Gasteiger partial charge on any atom is -0.396 e. The van der Waals surface area contributed by atoms with Crippen molar-refractivity contribution in [2.75, 3.05) is 61.2 Å². The molecule has 0 bridgehead atoms. The molecule has 0 rings (SSSR count). The molecule has 0 unspecified atom stereocenters. The zero-order valence-corrected chi connectivity index (χ0v) is 15.8. The van der Waals surface area contributed by atoms with E-state index >= 15 is 0 Å². The molecule has 0 saturated carbocycles. The molecular weight excluding hydrogens is 302 g/mol. The van der Waals surface area contributed by atoms with Crippen LogP contribution in [0.3, 0.4) is 0 Å². The van der Waals surface area contributed by atoms with Crippen LogP contribution in [0.2, 0.25) is 6.04 Å². The number of quaternary nitrogens is 1. The van der Waals surface area contributed by atoms with Crippen LogP contribution in [0.15, 0.2) is 0 Å². The third kappa shape index (κ3) is 8.57. The average molecular weight is 339 g/mol. The van der Waals surface area contributed by atoms with Gasteiger partial charge in [-0.2, -0.15) is 0 Å². The highest BCUT2D eigenvalue weighted by Crippen LogP contribution is 2.18. The Morgan fingerprint density at radius 2 is 1.14 bits per heavy atom. The van der Waals surface area contributed by atoms with Crippen molar-refractivity contribution >= 4 is 8.80 Å². The summed E-state index contributed by atoms with van der Waals surface area (Å²) in [5.74, 6) is 0. The van der Waals surface area contributed by atoms with Crippen molar-refractivity contribution in [2.45, 2.75) is 38.1 Å². The SMILES string of the molecule is CO[Si](CCC[N+](C)(CCCCO)CCCCO)(OC)OC. The maximum atomic E-state index is 8.97. The zero-order chi connectivity index (χ0) is 16.9. The second-order valence-corrected chi connectivity index (χ2v) is 9.14. The van der Waals surface area contributed by atoms with E-state index in [2.05, 4.69) is 7.05 Å². The first-order valence-electron chi connectivity index (χ1n) is 8.22. The molecule has 0 aromatic rings. The van der Waals surface area contributed by atoms with Gasteiger partial charge >= 0.3 is 8.80 Å². The lowest BCUT2D eigenvalue weighted by atomic mass is 10.2. The second-order valence-electron chi connectivity index (χ2n) is 6.05. The number of unbranched alkanes of at least 4 members (excludes halogenated alkanes) is 2. The third-order valence-corrected chi connectivity index (χ3v) is 7.16. The summed E-state index contributed by atoms with van der Waals surface area (Å²) in [6.07, 6.45) is 4.72. The molecule has 22 heavy (non-hydrogen) atoms. The molecular formula is C15H36NO5Si+. The van der Waals surface area contributed by atoms with Crippen LogP contribution in [0.1, 0.15) is 32.1 Å². The lowest BCUT2D eigenvalue weighted by Gasteiger charge is -2.35. The van der Waals surface area contributed by atoms with Gasteiger partial charge in [0.05, 0.1) is 26.7 Å². The van der Waals surface area contributed by atoms with E-state index in [1.807, 2.05) is 0 Å². The van der Waals surface area contributed by atoms with Gasteiger partial charge < -0.3 is 28.0 Å². The minimum atomic E-state index is -2.48. The highest BCUT2D eigenvalue weighted by Gasteiger charge is 2.38. The van der Waals surface area contributed by atoms with Gasteiger partial charge in [0.25, 0.3) is 0 Å². The molecule has 0 amide bonds. The fourth-order valence-electron chi connectivity index (χ4n) is 2.78. The van der Waals surface area contributed by atoms with Gasteiger partial charge in [0, 0.05) is 47.0 Å². The van der Waals surface area contributed by atoms with Crippen LogP contribution in [0, 0.1) is 0 Å². The number of nitrogens with zero attached hydrogens (tertiary/aromatic N) is 1. The van der Waals surface area contributed by atoms with Gasteiger partial charge in [-0.15, -0.1) is 0 Å². The molecule has 0 aliphatic heterocycles. The Bertz CT molecular complexity index is 246. The molecule has 0 heterocycles. The Morgan fingerprint density at radius 3 is 1.50 bits per heavy atom. The van der Waals surface area contributed by atoms with E-state index < -0.39 is 8.80 Å². The summed E-state index contributed by atoms with van der Waals surface area (Å²) in [7, 11) is 4.72. The Balaban J connectivity index is 4.42. The van der Waals surface area contributed by atoms with E-state index in [1.54, 1.807) is 21.3 Å². The minimum absolute atomic E-state index is 0.254. The number of rotatable bonds is 15. The van der Waals surface area contributed by atoms with Crippen molar-refractivity contribution in [3.8, 4) is 0 Å². The average Bonchev–Trinajstić information content (AvgIpc) is 2.53. The fraction of sp³-hybridized carbons (Fsp3) is 1.00. The summed E-state index contributed by atoms with van der Waals surface area (Å²) < 4.78 is 17.4. The van der Waals surface area contributed by atoms with Gasteiger partial charge in [-0.1, -0.05) is 0 Å². The molecule has 0 aliphatic rings. The van der Waals surface area contributed by atoms with Crippen LogP contribution in [-0.2, 0) is 13.3 Å². The van der Waals surface area contributed by atoms with Crippen LogP contribution in [-0.4, -0.2) is 84.7 Å². The largest absolute Gasteiger partial charge is 0.500 e. The summed E-state index contributed by atoms with van der Waals surface area (Å²) in [4.78, 5) is 0. The smallest absolute Gasteiger partial charge is 0.396 e. The summed E-state index contributed by atoms with van der Waals surface area (Å²) in [6.45, 7) is 3.63. The summed E-state index contributed by atoms with van der Waals surface area (Å²) in [5, 5.41) is 17.9. The molecule has 0 radical (unpaired) electrons. The standard InChI is InChI=1S/C15H36NO5Si/c1-16(10-5-7-13-17,11-6-8-14-18)12-9-15-22(19-2,20-3)21-4/h17-18H,5-15H2,1-4H3/q+1. The normalized spacial score (nSPS) is 12.8. The zero-order valence-electron chi connectivity index (χ0n) is 14.8. The summed E-state index contributed by atoms with van der Waals surface area (Å²) in [5.41, 5.74) is 0. The second kappa shape index (κ2) is 12.4. The Labute approximate surface area is 136 Å². The van der Waals surface area contributed by atoms with Crippen molar-refractivity contribution in [2.24, 2.45) is 0 Å². The number of hydrogen-bond donors (Lipinski definition) is 2. The number of hydrogen-bond acceptors (Lipinski definition) is 5. The summed E-state index contributed by atoms with van der Waals surface area (Å²) in [6, 6.07) is 0.810. The van der Waals surface area contributed by atoms with E-state index in [-0.39, 0.29) is 13.2 Å². The first-order chi connectivity index (χ1) is 10.5. The Hall–Kier alpha value is -0.0231. The lowest BCUT2D eigenvalue weighted by molar-refractivity contribution is -0.910. The summed E-state index contributed by atoms with van der Waals surface area (Å²) >= 11 is 0. The van der Waals surface area contributed by atoms with Gasteiger partial charge in [0.2, 0.25) is 0 Å². The Morgan fingerprint density at radius 1 is 0.727 bits per heavy atom. The van der Waals surface area contributed by atoms with Gasteiger partial charge in [-0.05, 0) is 25.7 Å². The first-order valence-corrected chi connectivity index (χ1v) is 10.2. The number of aliphatic hydroxyl groups excluding tert-OH is 2. The van der Waals surface area contributed by atoms with Gasteiger partial charge in [-0.25, -0.2) is 0 Å². The van der Waals surface area contributed by atoms with Crippen LogP contribution < -0.4 is 0 Å². The van der Waals surface area contributed by atoms with E-state index in [0.717, 1.165) is 62.3 Å². The molecule has 2 N–H and O–H groups in total. The fourth-order valence-corrected chi connectivity index (χ4v) is 4.48. The van der Waals surface area contributed by atoms with Crippen molar-refractivity contribution in [1.29, 1.82) is 0 Å². The van der Waals surface area contributed by atoms with Crippen LogP contribution in [0.5, 0.6) is 0 Å². The molecule has 0 saturated heterocycles. The molecule has 0 aliphatic carbocycles. The highest BCUT2D eigenvalue weighted by molar-refractivity contribution is 6.60. The van der Waals surface area contributed by atoms with E-state index in [9.17, 15) is 0 Å². The predicted octanol–water partition coefficient (Wildman–Crippen LogP) is 1.25. The van der Waals surface area contributed by atoms with Crippen molar-refractivity contribution in [3.05, 3.63) is 0 Å². The van der Waals surface area contributed by atoms with Gasteiger partial charge in [0.1, 0.15) is 0 Å². The molecule has 7 heteroatoms.